The van der Waals surface area contributed by atoms with E-state index < -0.39 is 0 Å². The van der Waals surface area contributed by atoms with Crippen LogP contribution in [-0.2, 0) is 6.42 Å². The van der Waals surface area contributed by atoms with Gasteiger partial charge in [0.05, 0.1) is 16.4 Å². The summed E-state index contributed by atoms with van der Waals surface area (Å²) in [6.07, 6.45) is 6.92. The highest BCUT2D eigenvalue weighted by Gasteiger charge is 2.22. The Hall–Kier alpha value is -1.85. The second-order valence-corrected chi connectivity index (χ2v) is 7.14. The van der Waals surface area contributed by atoms with Gasteiger partial charge in [-0.05, 0) is 53.4 Å². The highest BCUT2D eigenvalue weighted by Crippen LogP contribution is 2.35. The molecule has 2 aromatic heterocycles. The Kier molecular flexibility index (Phi) is 4.29. The third kappa shape index (κ3) is 2.82. The number of hydrogen-bond donors (Lipinski definition) is 1. The Morgan fingerprint density at radius 2 is 2.04 bits per heavy atom. The standard InChI is InChI=1S/C18H16BrClN4/c19-13-9-12(10-21-11-13)17-14-5-3-4-8-22-18(14)24(23-17)16-7-2-1-6-15(16)20/h1-2,6-7,9-11,22H,3-5,8H2. The van der Waals surface area contributed by atoms with Gasteiger partial charge < -0.3 is 5.32 Å². The van der Waals surface area contributed by atoms with Crippen molar-refractivity contribution in [3.05, 3.63) is 57.8 Å². The summed E-state index contributed by atoms with van der Waals surface area (Å²) in [5.41, 5.74) is 4.09. The summed E-state index contributed by atoms with van der Waals surface area (Å²) in [5.74, 6) is 1.04. The minimum absolute atomic E-state index is 0.688. The summed E-state index contributed by atoms with van der Waals surface area (Å²) in [6.45, 7) is 0.944. The lowest BCUT2D eigenvalue weighted by atomic mass is 10.1. The van der Waals surface area contributed by atoms with Gasteiger partial charge in [0.1, 0.15) is 5.82 Å². The van der Waals surface area contributed by atoms with Gasteiger partial charge in [0, 0.05) is 34.5 Å². The normalized spacial score (nSPS) is 13.9. The quantitative estimate of drug-likeness (QED) is 0.647. The molecule has 0 saturated heterocycles. The van der Waals surface area contributed by atoms with Crippen LogP contribution in [-0.4, -0.2) is 21.3 Å². The first-order chi connectivity index (χ1) is 11.7. The number of aromatic nitrogens is 3. The number of benzene rings is 1. The van der Waals surface area contributed by atoms with E-state index in [1.54, 1.807) is 6.20 Å². The lowest BCUT2D eigenvalue weighted by molar-refractivity contribution is 0.780. The van der Waals surface area contributed by atoms with Gasteiger partial charge in [-0.15, -0.1) is 0 Å². The smallest absolute Gasteiger partial charge is 0.133 e. The maximum atomic E-state index is 6.41. The van der Waals surface area contributed by atoms with E-state index in [2.05, 4.69) is 32.3 Å². The van der Waals surface area contributed by atoms with Gasteiger partial charge >= 0.3 is 0 Å². The third-order valence-corrected chi connectivity index (χ3v) is 4.94. The van der Waals surface area contributed by atoms with Crippen LogP contribution in [0.4, 0.5) is 5.82 Å². The van der Waals surface area contributed by atoms with Crippen LogP contribution in [0.3, 0.4) is 0 Å². The largest absolute Gasteiger partial charge is 0.370 e. The van der Waals surface area contributed by atoms with Gasteiger partial charge in [-0.3, -0.25) is 4.98 Å². The molecule has 1 N–H and O–H groups in total. The minimum Gasteiger partial charge on any atom is -0.370 e. The molecule has 6 heteroatoms. The van der Waals surface area contributed by atoms with E-state index >= 15 is 0 Å². The molecule has 24 heavy (non-hydrogen) atoms. The van der Waals surface area contributed by atoms with Crippen molar-refractivity contribution in [3.63, 3.8) is 0 Å². The number of nitrogens with one attached hydrogen (secondary N) is 1. The fraction of sp³-hybridized carbons (Fsp3) is 0.222. The van der Waals surface area contributed by atoms with Crippen LogP contribution in [0, 0.1) is 0 Å². The molecule has 0 radical (unpaired) electrons. The van der Waals surface area contributed by atoms with Crippen LogP contribution in [0.5, 0.6) is 0 Å². The van der Waals surface area contributed by atoms with E-state index in [0.29, 0.717) is 5.02 Å². The maximum absolute atomic E-state index is 6.41. The van der Waals surface area contributed by atoms with E-state index in [4.69, 9.17) is 16.7 Å². The Morgan fingerprint density at radius 1 is 1.17 bits per heavy atom. The first kappa shape index (κ1) is 15.7. The van der Waals surface area contributed by atoms with Gasteiger partial charge in [0.25, 0.3) is 0 Å². The van der Waals surface area contributed by atoms with Crippen molar-refractivity contribution in [3.8, 4) is 16.9 Å². The van der Waals surface area contributed by atoms with Crippen molar-refractivity contribution in [2.75, 3.05) is 11.9 Å². The number of para-hydroxylation sites is 1. The van der Waals surface area contributed by atoms with E-state index in [1.165, 1.54) is 5.56 Å². The highest BCUT2D eigenvalue weighted by atomic mass is 79.9. The van der Waals surface area contributed by atoms with Gasteiger partial charge in [-0.25, -0.2) is 4.68 Å². The topological polar surface area (TPSA) is 42.7 Å². The Balaban J connectivity index is 1.94. The van der Waals surface area contributed by atoms with E-state index in [-0.39, 0.29) is 0 Å². The van der Waals surface area contributed by atoms with Crippen molar-refractivity contribution in [1.82, 2.24) is 14.8 Å². The number of nitrogens with zero attached hydrogens (tertiary/aromatic N) is 3. The average molecular weight is 404 g/mol. The molecular formula is C18H16BrClN4. The molecule has 4 nitrogen and oxygen atoms in total. The zero-order chi connectivity index (χ0) is 16.5. The molecule has 0 spiro atoms. The molecule has 1 aliphatic rings. The van der Waals surface area contributed by atoms with E-state index in [0.717, 1.165) is 53.0 Å². The molecule has 0 amide bonds. The Morgan fingerprint density at radius 3 is 2.88 bits per heavy atom. The number of anilines is 1. The lowest BCUT2D eigenvalue weighted by Crippen LogP contribution is -2.07. The molecule has 0 aliphatic carbocycles. The summed E-state index contributed by atoms with van der Waals surface area (Å²) < 4.78 is 2.88. The molecule has 1 aliphatic heterocycles. The molecule has 0 unspecified atom stereocenters. The minimum atomic E-state index is 0.688. The molecule has 3 heterocycles. The van der Waals surface area contributed by atoms with Crippen molar-refractivity contribution >= 4 is 33.3 Å². The molecule has 4 rings (SSSR count). The highest BCUT2D eigenvalue weighted by molar-refractivity contribution is 9.10. The predicted molar refractivity (Wildman–Crippen MR) is 101 cm³/mol. The molecule has 0 atom stereocenters. The van der Waals surface area contributed by atoms with E-state index in [9.17, 15) is 0 Å². The van der Waals surface area contributed by atoms with Crippen molar-refractivity contribution < 1.29 is 0 Å². The summed E-state index contributed by atoms with van der Waals surface area (Å²) in [5, 5.41) is 9.11. The molecular weight excluding hydrogens is 388 g/mol. The molecule has 0 saturated carbocycles. The summed E-state index contributed by atoms with van der Waals surface area (Å²) in [7, 11) is 0. The Labute approximate surface area is 154 Å². The third-order valence-electron chi connectivity index (χ3n) is 4.19. The second-order valence-electron chi connectivity index (χ2n) is 5.81. The van der Waals surface area contributed by atoms with Crippen molar-refractivity contribution in [1.29, 1.82) is 0 Å². The summed E-state index contributed by atoms with van der Waals surface area (Å²) in [4.78, 5) is 4.29. The van der Waals surface area contributed by atoms with Crippen LogP contribution >= 0.6 is 27.5 Å². The van der Waals surface area contributed by atoms with E-state index in [1.807, 2.05) is 35.1 Å². The molecule has 0 bridgehead atoms. The molecule has 3 aromatic rings. The maximum Gasteiger partial charge on any atom is 0.133 e. The monoisotopic (exact) mass is 402 g/mol. The van der Waals surface area contributed by atoms with Gasteiger partial charge in [-0.1, -0.05) is 23.7 Å². The number of rotatable bonds is 2. The van der Waals surface area contributed by atoms with Crippen LogP contribution in [0.15, 0.2) is 47.2 Å². The predicted octanol–water partition coefficient (Wildman–Crippen LogP) is 5.10. The Bertz CT molecular complexity index is 890. The number of fused-ring (bicyclic) bond motifs is 1. The van der Waals surface area contributed by atoms with Crippen LogP contribution in [0.1, 0.15) is 18.4 Å². The van der Waals surface area contributed by atoms with Crippen LogP contribution in [0.25, 0.3) is 16.9 Å². The van der Waals surface area contributed by atoms with Crippen molar-refractivity contribution in [2.24, 2.45) is 0 Å². The fourth-order valence-electron chi connectivity index (χ4n) is 3.07. The summed E-state index contributed by atoms with van der Waals surface area (Å²) in [6, 6.07) is 9.84. The first-order valence-electron chi connectivity index (χ1n) is 7.95. The second kappa shape index (κ2) is 6.57. The van der Waals surface area contributed by atoms with Gasteiger partial charge in [0.15, 0.2) is 0 Å². The zero-order valence-electron chi connectivity index (χ0n) is 13.0. The van der Waals surface area contributed by atoms with Crippen LogP contribution < -0.4 is 5.32 Å². The number of pyridine rings is 1. The molecule has 122 valence electrons. The van der Waals surface area contributed by atoms with Gasteiger partial charge in [-0.2, -0.15) is 5.10 Å². The number of halogens is 2. The van der Waals surface area contributed by atoms with Crippen LogP contribution in [0.2, 0.25) is 5.02 Å². The molecule has 1 aromatic carbocycles. The first-order valence-corrected chi connectivity index (χ1v) is 9.13. The summed E-state index contributed by atoms with van der Waals surface area (Å²) >= 11 is 9.91. The van der Waals surface area contributed by atoms with Crippen molar-refractivity contribution in [2.45, 2.75) is 19.3 Å². The average Bonchev–Trinajstić information content (AvgIpc) is 2.77. The molecule has 0 fully saturated rings. The zero-order valence-corrected chi connectivity index (χ0v) is 15.3. The van der Waals surface area contributed by atoms with Gasteiger partial charge in [0.2, 0.25) is 0 Å². The lowest BCUT2D eigenvalue weighted by Gasteiger charge is -2.10. The fourth-order valence-corrected chi connectivity index (χ4v) is 3.65. The SMILES string of the molecule is Clc1ccccc1-n1nc(-c2cncc(Br)c2)c2c1NCCCC2. The number of hydrogen-bond acceptors (Lipinski definition) is 3.